The van der Waals surface area contributed by atoms with Crippen LogP contribution in [0.25, 0.3) is 33.2 Å². The summed E-state index contributed by atoms with van der Waals surface area (Å²) in [5.41, 5.74) is 3.53. The van der Waals surface area contributed by atoms with Crippen molar-refractivity contribution in [1.82, 2.24) is 14.5 Å². The van der Waals surface area contributed by atoms with E-state index in [1.165, 1.54) is 0 Å². The molecule has 1 aliphatic heterocycles. The molecule has 1 saturated heterocycles. The van der Waals surface area contributed by atoms with Gasteiger partial charge in [-0.1, -0.05) is 12.1 Å². The number of aromatic nitrogens is 3. The Morgan fingerprint density at radius 1 is 1.04 bits per heavy atom. The van der Waals surface area contributed by atoms with Crippen LogP contribution in [0.15, 0.2) is 48.7 Å². The summed E-state index contributed by atoms with van der Waals surface area (Å²) < 4.78 is 7.63. The molecule has 0 radical (unpaired) electrons. The molecular formula is C22H19N5O. The van der Waals surface area contributed by atoms with E-state index in [-0.39, 0.29) is 0 Å². The summed E-state index contributed by atoms with van der Waals surface area (Å²) in [6.07, 6.45) is 2.05. The number of benzene rings is 2. The molecule has 4 aromatic rings. The second-order valence-electron chi connectivity index (χ2n) is 6.98. The topological polar surface area (TPSA) is 67.0 Å². The molecule has 6 heteroatoms. The highest BCUT2D eigenvalue weighted by atomic mass is 16.5. The van der Waals surface area contributed by atoms with Gasteiger partial charge in [0.25, 0.3) is 0 Å². The van der Waals surface area contributed by atoms with Crippen molar-refractivity contribution in [3.05, 3.63) is 54.2 Å². The van der Waals surface area contributed by atoms with Crippen molar-refractivity contribution in [1.29, 1.82) is 5.26 Å². The van der Waals surface area contributed by atoms with Crippen LogP contribution < -0.4 is 4.90 Å². The van der Waals surface area contributed by atoms with Gasteiger partial charge in [0.1, 0.15) is 5.82 Å². The van der Waals surface area contributed by atoms with E-state index in [9.17, 15) is 5.26 Å². The van der Waals surface area contributed by atoms with Crippen molar-refractivity contribution >= 4 is 27.6 Å². The molecule has 3 heterocycles. The van der Waals surface area contributed by atoms with Crippen molar-refractivity contribution < 1.29 is 4.74 Å². The first-order chi connectivity index (χ1) is 13.7. The summed E-state index contributed by atoms with van der Waals surface area (Å²) in [6, 6.07) is 16.0. The Morgan fingerprint density at radius 3 is 2.71 bits per heavy atom. The number of morpholine rings is 1. The van der Waals surface area contributed by atoms with Crippen LogP contribution in [0, 0.1) is 11.3 Å². The number of nitriles is 1. The van der Waals surface area contributed by atoms with Crippen LogP contribution in [-0.2, 0) is 11.8 Å². The van der Waals surface area contributed by atoms with Crippen LogP contribution in [0.2, 0.25) is 0 Å². The minimum Gasteiger partial charge on any atom is -0.378 e. The van der Waals surface area contributed by atoms with Crippen molar-refractivity contribution in [3.63, 3.8) is 0 Å². The van der Waals surface area contributed by atoms with E-state index < -0.39 is 0 Å². The molecule has 0 atom stereocenters. The normalized spacial score (nSPS) is 14.5. The maximum absolute atomic E-state index is 9.27. The molecule has 0 amide bonds. The van der Waals surface area contributed by atoms with E-state index in [0.29, 0.717) is 24.6 Å². The van der Waals surface area contributed by atoms with Gasteiger partial charge >= 0.3 is 0 Å². The molecule has 0 N–H and O–H groups in total. The van der Waals surface area contributed by atoms with Crippen LogP contribution in [-0.4, -0.2) is 40.8 Å². The molecule has 6 nitrogen and oxygen atoms in total. The molecule has 0 bridgehead atoms. The van der Waals surface area contributed by atoms with E-state index in [0.717, 1.165) is 46.3 Å². The van der Waals surface area contributed by atoms with Gasteiger partial charge in [0.05, 0.1) is 30.4 Å². The Labute approximate surface area is 162 Å². The van der Waals surface area contributed by atoms with Gasteiger partial charge in [0, 0.05) is 48.2 Å². The Morgan fingerprint density at radius 2 is 1.89 bits per heavy atom. The third kappa shape index (κ3) is 2.68. The van der Waals surface area contributed by atoms with Crippen LogP contribution in [0.5, 0.6) is 0 Å². The van der Waals surface area contributed by atoms with Crippen LogP contribution in [0.3, 0.4) is 0 Å². The molecule has 28 heavy (non-hydrogen) atoms. The molecule has 1 fully saturated rings. The van der Waals surface area contributed by atoms with Crippen LogP contribution in [0.1, 0.15) is 5.56 Å². The second kappa shape index (κ2) is 6.63. The van der Waals surface area contributed by atoms with E-state index in [1.807, 2.05) is 25.2 Å². The molecule has 0 aliphatic carbocycles. The predicted octanol–water partition coefficient (Wildman–Crippen LogP) is 3.50. The van der Waals surface area contributed by atoms with Gasteiger partial charge in [-0.2, -0.15) is 5.26 Å². The minimum atomic E-state index is 0.604. The summed E-state index contributed by atoms with van der Waals surface area (Å²) in [5.74, 6) is 1.57. The van der Waals surface area contributed by atoms with Crippen LogP contribution >= 0.6 is 0 Å². The van der Waals surface area contributed by atoms with Gasteiger partial charge in [-0.15, -0.1) is 0 Å². The molecule has 138 valence electrons. The molecule has 5 rings (SSSR count). The molecule has 1 aliphatic rings. The lowest BCUT2D eigenvalue weighted by molar-refractivity contribution is 0.122. The average molecular weight is 369 g/mol. The summed E-state index contributed by atoms with van der Waals surface area (Å²) in [4.78, 5) is 12.1. The number of nitrogens with zero attached hydrogens (tertiary/aromatic N) is 5. The van der Waals surface area contributed by atoms with E-state index in [1.54, 1.807) is 6.07 Å². The lowest BCUT2D eigenvalue weighted by Gasteiger charge is -2.29. The van der Waals surface area contributed by atoms with E-state index >= 15 is 0 Å². The zero-order valence-corrected chi connectivity index (χ0v) is 15.6. The fourth-order valence-corrected chi connectivity index (χ4v) is 3.80. The van der Waals surface area contributed by atoms with Gasteiger partial charge in [-0.3, -0.25) is 0 Å². The number of fused-ring (bicyclic) bond motifs is 3. The summed E-state index contributed by atoms with van der Waals surface area (Å²) >= 11 is 0. The quantitative estimate of drug-likeness (QED) is 0.541. The van der Waals surface area contributed by atoms with E-state index in [4.69, 9.17) is 14.7 Å². The Kier molecular flexibility index (Phi) is 3.96. The highest BCUT2D eigenvalue weighted by Crippen LogP contribution is 2.33. The van der Waals surface area contributed by atoms with Crippen molar-refractivity contribution in [2.45, 2.75) is 0 Å². The fourth-order valence-electron chi connectivity index (χ4n) is 3.80. The van der Waals surface area contributed by atoms with Gasteiger partial charge in [0.15, 0.2) is 5.82 Å². The average Bonchev–Trinajstić information content (AvgIpc) is 3.15. The zero-order chi connectivity index (χ0) is 19.1. The van der Waals surface area contributed by atoms with Crippen molar-refractivity contribution in [3.8, 4) is 17.5 Å². The third-order valence-corrected chi connectivity index (χ3v) is 5.27. The number of hydrogen-bond donors (Lipinski definition) is 0. The maximum atomic E-state index is 9.27. The fraction of sp³-hybridized carbons (Fsp3) is 0.227. The highest BCUT2D eigenvalue weighted by molar-refractivity contribution is 6.08. The summed E-state index contributed by atoms with van der Waals surface area (Å²) in [5, 5.41) is 11.4. The predicted molar refractivity (Wildman–Crippen MR) is 109 cm³/mol. The van der Waals surface area contributed by atoms with Crippen molar-refractivity contribution in [2.75, 3.05) is 31.2 Å². The summed E-state index contributed by atoms with van der Waals surface area (Å²) in [7, 11) is 2.04. The molecular weight excluding hydrogens is 350 g/mol. The zero-order valence-electron chi connectivity index (χ0n) is 15.6. The minimum absolute atomic E-state index is 0.604. The largest absolute Gasteiger partial charge is 0.378 e. The first kappa shape index (κ1) is 16.7. The SMILES string of the molecule is Cn1ccc2c3nc(-c4cccc(C#N)c4)nc(N4CCOCC4)c3ccc21. The number of ether oxygens (including phenoxy) is 1. The lowest BCUT2D eigenvalue weighted by Crippen LogP contribution is -2.37. The molecule has 0 spiro atoms. The first-order valence-electron chi connectivity index (χ1n) is 9.33. The second-order valence-corrected chi connectivity index (χ2v) is 6.98. The number of rotatable bonds is 2. The standard InChI is InChI=1S/C22H19N5O/c1-26-8-7-17-19(26)6-5-18-20(17)24-21(16-4-2-3-15(13-16)14-23)25-22(18)27-9-11-28-12-10-27/h2-8,13H,9-12H2,1H3. The Bertz CT molecular complexity index is 1230. The Hall–Kier alpha value is -3.43. The number of anilines is 1. The highest BCUT2D eigenvalue weighted by Gasteiger charge is 2.19. The van der Waals surface area contributed by atoms with Gasteiger partial charge in [-0.25, -0.2) is 9.97 Å². The van der Waals surface area contributed by atoms with Gasteiger partial charge in [-0.05, 0) is 30.3 Å². The molecule has 2 aromatic heterocycles. The Balaban J connectivity index is 1.80. The first-order valence-corrected chi connectivity index (χ1v) is 9.33. The monoisotopic (exact) mass is 369 g/mol. The molecule has 0 saturated carbocycles. The van der Waals surface area contributed by atoms with E-state index in [2.05, 4.69) is 39.9 Å². The smallest absolute Gasteiger partial charge is 0.162 e. The number of hydrogen-bond acceptors (Lipinski definition) is 5. The number of aryl methyl sites for hydroxylation is 1. The van der Waals surface area contributed by atoms with Gasteiger partial charge < -0.3 is 14.2 Å². The lowest BCUT2D eigenvalue weighted by atomic mass is 10.1. The molecule has 0 unspecified atom stereocenters. The third-order valence-electron chi connectivity index (χ3n) is 5.27. The summed E-state index contributed by atoms with van der Waals surface area (Å²) in [6.45, 7) is 2.99. The van der Waals surface area contributed by atoms with Crippen LogP contribution in [0.4, 0.5) is 5.82 Å². The van der Waals surface area contributed by atoms with Crippen molar-refractivity contribution in [2.24, 2.45) is 7.05 Å². The molecule has 2 aromatic carbocycles. The maximum Gasteiger partial charge on any atom is 0.162 e. The van der Waals surface area contributed by atoms with Gasteiger partial charge in [0.2, 0.25) is 0 Å².